The number of unbranched alkanes of at least 4 members (excludes halogenated alkanes) is 1. The van der Waals surface area contributed by atoms with Gasteiger partial charge in [0.05, 0.1) is 10.8 Å². The lowest BCUT2D eigenvalue weighted by Crippen LogP contribution is -2.58. The maximum absolute atomic E-state index is 12.9. The second kappa shape index (κ2) is 12.8. The summed E-state index contributed by atoms with van der Waals surface area (Å²) in [6.45, 7) is 4.23. The third-order valence-electron chi connectivity index (χ3n) is 7.21. The van der Waals surface area contributed by atoms with Gasteiger partial charge in [-0.1, -0.05) is 12.1 Å². The molecule has 1 atom stereocenters. The van der Waals surface area contributed by atoms with E-state index < -0.39 is 33.9 Å². The van der Waals surface area contributed by atoms with Crippen LogP contribution < -0.4 is 16.0 Å². The van der Waals surface area contributed by atoms with Crippen LogP contribution in [0, 0.1) is 19.8 Å². The Hall–Kier alpha value is -3.51. The van der Waals surface area contributed by atoms with Gasteiger partial charge in [-0.2, -0.15) is 4.31 Å². The topological polar surface area (TPSA) is 158 Å². The summed E-state index contributed by atoms with van der Waals surface area (Å²) in [4.78, 5) is 41.4. The van der Waals surface area contributed by atoms with Gasteiger partial charge < -0.3 is 21.1 Å². The van der Waals surface area contributed by atoms with Crippen molar-refractivity contribution in [1.29, 1.82) is 0 Å². The lowest BCUT2D eigenvalue weighted by Gasteiger charge is -2.37. The van der Waals surface area contributed by atoms with Crippen LogP contribution in [-0.4, -0.2) is 72.8 Å². The first-order valence-electron chi connectivity index (χ1n) is 13.6. The molecule has 2 amide bonds. The van der Waals surface area contributed by atoms with E-state index in [9.17, 15) is 27.9 Å². The summed E-state index contributed by atoms with van der Waals surface area (Å²) in [5.74, 6) is -1.85. The average Bonchev–Trinajstić information content (AvgIpc) is 2.87. The van der Waals surface area contributed by atoms with Crippen molar-refractivity contribution in [3.05, 3.63) is 52.7 Å². The summed E-state index contributed by atoms with van der Waals surface area (Å²) in [5, 5.41) is 17.9. The van der Waals surface area contributed by atoms with Crippen LogP contribution in [0.5, 0.6) is 0 Å². The molecule has 0 radical (unpaired) electrons. The Bertz CT molecular complexity index is 1350. The van der Waals surface area contributed by atoms with E-state index >= 15 is 0 Å². The Morgan fingerprint density at radius 1 is 1.12 bits per heavy atom. The minimum absolute atomic E-state index is 0.0327. The predicted octanol–water partition coefficient (Wildman–Crippen LogP) is 1.78. The van der Waals surface area contributed by atoms with Gasteiger partial charge in [0, 0.05) is 38.3 Å². The highest BCUT2D eigenvalue weighted by Gasteiger charge is 2.41. The van der Waals surface area contributed by atoms with Crippen LogP contribution >= 0.6 is 0 Å². The highest BCUT2D eigenvalue weighted by molar-refractivity contribution is 7.89. The monoisotopic (exact) mass is 571 g/mol. The minimum atomic E-state index is -3.74. The van der Waals surface area contributed by atoms with Crippen molar-refractivity contribution in [2.24, 2.45) is 5.92 Å². The number of hydrogen-bond acceptors (Lipinski definition) is 7. The van der Waals surface area contributed by atoms with Crippen LogP contribution in [0.25, 0.3) is 0 Å². The molecule has 0 spiro atoms. The fourth-order valence-electron chi connectivity index (χ4n) is 4.92. The van der Waals surface area contributed by atoms with Crippen LogP contribution in [0.2, 0.25) is 0 Å². The normalized spacial score (nSPS) is 16.2. The van der Waals surface area contributed by atoms with E-state index in [1.54, 1.807) is 12.1 Å². The van der Waals surface area contributed by atoms with E-state index in [1.165, 1.54) is 9.87 Å². The number of aryl methyl sites for hydroxylation is 4. The number of aliphatic carboxylic acids is 1. The molecule has 0 aliphatic carbocycles. The third-order valence-corrected chi connectivity index (χ3v) is 9.02. The molecule has 1 fully saturated rings. The highest BCUT2D eigenvalue weighted by Crippen LogP contribution is 2.26. The van der Waals surface area contributed by atoms with Gasteiger partial charge in [0.15, 0.2) is 0 Å². The summed E-state index contributed by atoms with van der Waals surface area (Å²) in [7, 11) is -3.74. The number of rotatable bonds is 12. The zero-order valence-electron chi connectivity index (χ0n) is 22.9. The van der Waals surface area contributed by atoms with E-state index in [1.807, 2.05) is 26.0 Å². The standard InChI is InChI=1S/C28H37N5O6S/c1-18-12-19(2)14-23(13-18)40(38,39)33-16-21(17-33)27(35)32-24(28(36)37)15-30-25(34)8-4-3-7-22-10-9-20-6-5-11-29-26(20)31-22/h9-10,12-14,21,24H,3-8,11,15-17H2,1-2H3,(H,29,31)(H,30,34)(H,32,35)(H,36,37). The van der Waals surface area contributed by atoms with Crippen molar-refractivity contribution in [3.63, 3.8) is 0 Å². The first-order valence-corrected chi connectivity index (χ1v) is 15.1. The number of carbonyl (C=O) groups excluding carboxylic acids is 2. The fourth-order valence-corrected chi connectivity index (χ4v) is 6.64. The number of carbonyl (C=O) groups is 3. The number of amides is 2. The number of fused-ring (bicyclic) bond motifs is 1. The second-order valence-electron chi connectivity index (χ2n) is 10.6. The van der Waals surface area contributed by atoms with Gasteiger partial charge in [-0.05, 0) is 80.8 Å². The molecule has 2 aliphatic rings. The molecule has 4 rings (SSSR count). The largest absolute Gasteiger partial charge is 0.480 e. The van der Waals surface area contributed by atoms with Crippen molar-refractivity contribution in [3.8, 4) is 0 Å². The maximum atomic E-state index is 12.9. The minimum Gasteiger partial charge on any atom is -0.480 e. The number of nitrogens with zero attached hydrogens (tertiary/aromatic N) is 2. The maximum Gasteiger partial charge on any atom is 0.328 e. The summed E-state index contributed by atoms with van der Waals surface area (Å²) < 4.78 is 27.0. The summed E-state index contributed by atoms with van der Waals surface area (Å²) in [5.41, 5.74) is 3.84. The molecule has 1 aromatic carbocycles. The number of carboxylic acids is 1. The van der Waals surface area contributed by atoms with Crippen molar-refractivity contribution in [2.45, 2.75) is 63.3 Å². The molecule has 3 heterocycles. The smallest absolute Gasteiger partial charge is 0.328 e. The zero-order valence-corrected chi connectivity index (χ0v) is 23.7. The lowest BCUT2D eigenvalue weighted by atomic mass is 10.0. The van der Waals surface area contributed by atoms with Gasteiger partial charge >= 0.3 is 5.97 Å². The molecule has 1 aromatic heterocycles. The SMILES string of the molecule is Cc1cc(C)cc(S(=O)(=O)N2CC(C(=O)NC(CNC(=O)CCCCc3ccc4c(n3)NCCC4)C(=O)O)C2)c1. The molecule has 0 saturated carbocycles. The van der Waals surface area contributed by atoms with Crippen LogP contribution in [0.1, 0.15) is 48.1 Å². The Labute approximate surface area is 234 Å². The van der Waals surface area contributed by atoms with E-state index in [4.69, 9.17) is 0 Å². The Morgan fingerprint density at radius 2 is 1.85 bits per heavy atom. The number of anilines is 1. The average molecular weight is 572 g/mol. The molecule has 2 aromatic rings. The van der Waals surface area contributed by atoms with Gasteiger partial charge in [-0.25, -0.2) is 18.2 Å². The van der Waals surface area contributed by atoms with Gasteiger partial charge in [0.25, 0.3) is 0 Å². The van der Waals surface area contributed by atoms with Crippen LogP contribution in [0.15, 0.2) is 35.2 Å². The van der Waals surface area contributed by atoms with E-state index in [-0.39, 0.29) is 36.9 Å². The zero-order chi connectivity index (χ0) is 28.9. The highest BCUT2D eigenvalue weighted by atomic mass is 32.2. The Balaban J connectivity index is 1.17. The molecule has 1 saturated heterocycles. The van der Waals surface area contributed by atoms with Crippen molar-refractivity contribution < 1.29 is 27.9 Å². The van der Waals surface area contributed by atoms with Gasteiger partial charge in [0.1, 0.15) is 11.9 Å². The van der Waals surface area contributed by atoms with E-state index in [0.717, 1.165) is 54.9 Å². The van der Waals surface area contributed by atoms with Crippen molar-refractivity contribution in [1.82, 2.24) is 19.9 Å². The molecule has 12 heteroatoms. The molecule has 4 N–H and O–H groups in total. The number of benzene rings is 1. The number of sulfonamides is 1. The molecule has 1 unspecified atom stereocenters. The quantitative estimate of drug-likeness (QED) is 0.281. The molecule has 11 nitrogen and oxygen atoms in total. The number of nitrogens with one attached hydrogen (secondary N) is 3. The number of aromatic nitrogens is 1. The number of pyridine rings is 1. The third kappa shape index (κ3) is 7.36. The molecule has 216 valence electrons. The predicted molar refractivity (Wildman–Crippen MR) is 149 cm³/mol. The van der Waals surface area contributed by atoms with E-state index in [0.29, 0.717) is 6.42 Å². The lowest BCUT2D eigenvalue weighted by molar-refractivity contribution is -0.143. The van der Waals surface area contributed by atoms with Gasteiger partial charge in [0.2, 0.25) is 21.8 Å². The van der Waals surface area contributed by atoms with Crippen LogP contribution in [0.3, 0.4) is 0 Å². The van der Waals surface area contributed by atoms with Gasteiger partial charge in [-0.15, -0.1) is 0 Å². The summed E-state index contributed by atoms with van der Waals surface area (Å²) >= 11 is 0. The number of carboxylic acid groups (broad SMARTS) is 1. The molecule has 2 aliphatic heterocycles. The molecular formula is C28H37N5O6S. The van der Waals surface area contributed by atoms with Crippen LogP contribution in [0.4, 0.5) is 5.82 Å². The van der Waals surface area contributed by atoms with Gasteiger partial charge in [-0.3, -0.25) is 9.59 Å². The first kappa shape index (κ1) is 29.5. The molecule has 0 bridgehead atoms. The summed E-state index contributed by atoms with van der Waals surface area (Å²) in [6.07, 6.45) is 4.50. The van der Waals surface area contributed by atoms with E-state index in [2.05, 4.69) is 27.0 Å². The van der Waals surface area contributed by atoms with Crippen molar-refractivity contribution >= 4 is 33.6 Å². The summed E-state index contributed by atoms with van der Waals surface area (Å²) in [6, 6.07) is 7.85. The van der Waals surface area contributed by atoms with Crippen LogP contribution in [-0.2, 0) is 37.2 Å². The number of hydrogen-bond donors (Lipinski definition) is 4. The Kier molecular flexibility index (Phi) is 9.41. The molecule has 40 heavy (non-hydrogen) atoms. The van der Waals surface area contributed by atoms with Crippen molar-refractivity contribution in [2.75, 3.05) is 31.5 Å². The first-order chi connectivity index (χ1) is 19.0. The second-order valence-corrected chi connectivity index (χ2v) is 12.5. The fraction of sp³-hybridized carbons (Fsp3) is 0.500. The Morgan fingerprint density at radius 3 is 2.55 bits per heavy atom. The molecular weight excluding hydrogens is 534 g/mol.